The van der Waals surface area contributed by atoms with Gasteiger partial charge in [0.15, 0.2) is 17.1 Å². The molecule has 0 atom stereocenters. The molecule has 1 amide bonds. The molecule has 20 heavy (non-hydrogen) atoms. The van der Waals surface area contributed by atoms with Gasteiger partial charge >= 0.3 is 0 Å². The van der Waals surface area contributed by atoms with Crippen LogP contribution in [0.15, 0.2) is 17.9 Å². The number of hydrogen-bond donors (Lipinski definition) is 1. The Bertz CT molecular complexity index is 690. The van der Waals surface area contributed by atoms with Crippen molar-refractivity contribution in [3.05, 3.63) is 33.6 Å². The van der Waals surface area contributed by atoms with Crippen molar-refractivity contribution in [2.75, 3.05) is 5.32 Å². The molecule has 7 heteroatoms. The summed E-state index contributed by atoms with van der Waals surface area (Å²) in [5.41, 5.74) is -0.0915. The number of nitro groups is 1. The fourth-order valence-corrected chi connectivity index (χ4v) is 2.24. The molecule has 0 saturated carbocycles. The summed E-state index contributed by atoms with van der Waals surface area (Å²) < 4.78 is 11.1. The van der Waals surface area contributed by atoms with Gasteiger partial charge in [-0.1, -0.05) is 0 Å². The first-order chi connectivity index (χ1) is 9.29. The summed E-state index contributed by atoms with van der Waals surface area (Å²) in [5, 5.41) is 13.5. The van der Waals surface area contributed by atoms with Gasteiger partial charge < -0.3 is 14.8 Å². The highest BCUT2D eigenvalue weighted by molar-refractivity contribution is 5.93. The average Bonchev–Trinajstić information content (AvgIpc) is 3.09. The van der Waals surface area contributed by atoms with E-state index < -0.39 is 10.5 Å². The third kappa shape index (κ3) is 1.78. The monoisotopic (exact) mass is 276 g/mol. The molecule has 0 unspecified atom stereocenters. The van der Waals surface area contributed by atoms with Crippen LogP contribution in [0, 0.1) is 10.1 Å². The number of rotatable bonds is 2. The molecule has 7 nitrogen and oxygen atoms in total. The van der Waals surface area contributed by atoms with Gasteiger partial charge in [0, 0.05) is 6.92 Å². The Kier molecular flexibility index (Phi) is 2.32. The van der Waals surface area contributed by atoms with Crippen molar-refractivity contribution in [1.82, 2.24) is 0 Å². The van der Waals surface area contributed by atoms with E-state index in [4.69, 9.17) is 9.47 Å². The number of fused-ring (bicyclic) bond motifs is 2. The Morgan fingerprint density at radius 3 is 2.70 bits per heavy atom. The maximum Gasteiger partial charge on any atom is 0.296 e. The molecule has 0 aromatic heterocycles. The summed E-state index contributed by atoms with van der Waals surface area (Å²) in [6.07, 6.45) is 0. The van der Waals surface area contributed by atoms with E-state index in [1.165, 1.54) is 19.1 Å². The molecule has 0 spiro atoms. The topological polar surface area (TPSA) is 94.0 Å². The predicted molar refractivity (Wildman–Crippen MR) is 70.1 cm³/mol. The number of hydrogen-bond acceptors (Lipinski definition) is 5. The van der Waals surface area contributed by atoms with Crippen molar-refractivity contribution in [3.63, 3.8) is 0 Å². The summed E-state index contributed by atoms with van der Waals surface area (Å²) in [6, 6.07) is 2.82. The third-order valence-corrected chi connectivity index (χ3v) is 3.13. The molecular formula is C13H12N2O5. The molecule has 0 radical (unpaired) electrons. The number of carbonyl (C=O) groups is 1. The maximum absolute atomic E-state index is 11.1. The number of nitrogens with zero attached hydrogens (tertiary/aromatic N) is 1. The van der Waals surface area contributed by atoms with E-state index in [1.54, 1.807) is 0 Å². The highest BCUT2D eigenvalue weighted by Crippen LogP contribution is 2.53. The molecule has 0 saturated heterocycles. The lowest BCUT2D eigenvalue weighted by atomic mass is 10.0. The van der Waals surface area contributed by atoms with Crippen LogP contribution in [-0.4, -0.2) is 16.4 Å². The first-order valence-corrected chi connectivity index (χ1v) is 6.01. The minimum Gasteiger partial charge on any atom is -0.479 e. The number of nitrogens with one attached hydrogen (secondary N) is 1. The molecule has 2 heterocycles. The predicted octanol–water partition coefficient (Wildman–Crippen LogP) is 2.42. The van der Waals surface area contributed by atoms with E-state index >= 15 is 0 Å². The maximum atomic E-state index is 11.1. The quantitative estimate of drug-likeness (QED) is 0.661. The smallest absolute Gasteiger partial charge is 0.296 e. The molecule has 0 aliphatic carbocycles. The third-order valence-electron chi connectivity index (χ3n) is 3.13. The Balaban J connectivity index is 2.14. The summed E-state index contributed by atoms with van der Waals surface area (Å²) in [6.45, 7) is 4.94. The minimum atomic E-state index is -0.633. The zero-order valence-corrected chi connectivity index (χ0v) is 11.1. The Hall–Kier alpha value is -2.57. The van der Waals surface area contributed by atoms with Crippen LogP contribution in [0.5, 0.6) is 5.75 Å². The second-order valence-electron chi connectivity index (χ2n) is 5.18. The molecule has 2 aliphatic rings. The highest BCUT2D eigenvalue weighted by Gasteiger charge is 2.48. The zero-order chi connectivity index (χ0) is 14.7. The normalized spacial score (nSPS) is 17.4. The number of nitro benzene ring substituents is 1. The highest BCUT2D eigenvalue weighted by atomic mass is 16.6. The van der Waals surface area contributed by atoms with Crippen LogP contribution in [0.1, 0.15) is 26.3 Å². The Morgan fingerprint density at radius 1 is 1.40 bits per heavy atom. The van der Waals surface area contributed by atoms with Crippen molar-refractivity contribution < 1.29 is 19.2 Å². The van der Waals surface area contributed by atoms with Crippen LogP contribution < -0.4 is 10.1 Å². The number of amides is 1. The van der Waals surface area contributed by atoms with E-state index in [1.807, 2.05) is 13.8 Å². The summed E-state index contributed by atoms with van der Waals surface area (Å²) in [5.74, 6) is 1.38. The van der Waals surface area contributed by atoms with Crippen LogP contribution >= 0.6 is 0 Å². The summed E-state index contributed by atoms with van der Waals surface area (Å²) in [4.78, 5) is 21.7. The van der Waals surface area contributed by atoms with Crippen molar-refractivity contribution >= 4 is 23.0 Å². The molecule has 3 rings (SSSR count). The standard InChI is InChI=1S/C13H12N2O5/c1-6(16)14-8-4-7-10(5-9(8)15(17)18)20-13(2,3)12-11(7)19-12/h4-5H,1-3H3,(H,14,16). The lowest BCUT2D eigenvalue weighted by Gasteiger charge is -2.24. The molecular weight excluding hydrogens is 264 g/mol. The molecule has 1 N–H and O–H groups in total. The van der Waals surface area contributed by atoms with Gasteiger partial charge in [0.2, 0.25) is 5.91 Å². The number of benzene rings is 1. The van der Waals surface area contributed by atoms with Crippen molar-refractivity contribution in [2.24, 2.45) is 0 Å². The Morgan fingerprint density at radius 2 is 2.10 bits per heavy atom. The molecule has 2 aliphatic heterocycles. The fourth-order valence-electron chi connectivity index (χ4n) is 2.24. The average molecular weight is 276 g/mol. The SMILES string of the molecule is CC(=O)Nc1cc2c(cc1[N+](=O)[O-])OC(C)(C)C1=C2O1. The molecule has 104 valence electrons. The molecule has 1 aromatic carbocycles. The van der Waals surface area contributed by atoms with Crippen molar-refractivity contribution in [3.8, 4) is 5.75 Å². The van der Waals surface area contributed by atoms with Crippen LogP contribution in [0.3, 0.4) is 0 Å². The number of ether oxygens (including phenoxy) is 2. The minimum absolute atomic E-state index is 0.131. The van der Waals surface area contributed by atoms with Crippen LogP contribution in [0.25, 0.3) is 5.76 Å². The number of anilines is 1. The second-order valence-corrected chi connectivity index (χ2v) is 5.18. The molecule has 0 fully saturated rings. The van der Waals surface area contributed by atoms with Gasteiger partial charge in [-0.15, -0.1) is 0 Å². The van der Waals surface area contributed by atoms with E-state index in [0.717, 1.165) is 0 Å². The lowest BCUT2D eigenvalue weighted by Crippen LogP contribution is -2.29. The van der Waals surface area contributed by atoms with E-state index in [-0.39, 0.29) is 17.3 Å². The largest absolute Gasteiger partial charge is 0.479 e. The Labute approximate surface area is 114 Å². The van der Waals surface area contributed by atoms with Crippen LogP contribution in [0.2, 0.25) is 0 Å². The van der Waals surface area contributed by atoms with Gasteiger partial charge in [-0.25, -0.2) is 0 Å². The molecule has 1 aromatic rings. The molecule has 0 bridgehead atoms. The van der Waals surface area contributed by atoms with Gasteiger partial charge in [0.05, 0.1) is 16.6 Å². The van der Waals surface area contributed by atoms with Crippen LogP contribution in [0.4, 0.5) is 11.4 Å². The first kappa shape index (κ1) is 12.5. The second kappa shape index (κ2) is 3.72. The fraction of sp³-hybridized carbons (Fsp3) is 0.308. The van der Waals surface area contributed by atoms with Gasteiger partial charge in [-0.3, -0.25) is 14.9 Å². The summed E-state index contributed by atoms with van der Waals surface area (Å²) >= 11 is 0. The van der Waals surface area contributed by atoms with Gasteiger partial charge in [-0.05, 0) is 19.9 Å². The first-order valence-electron chi connectivity index (χ1n) is 6.01. The van der Waals surface area contributed by atoms with Crippen LogP contribution in [-0.2, 0) is 9.53 Å². The van der Waals surface area contributed by atoms with E-state index in [2.05, 4.69) is 5.32 Å². The van der Waals surface area contributed by atoms with Crippen molar-refractivity contribution in [2.45, 2.75) is 26.4 Å². The van der Waals surface area contributed by atoms with E-state index in [0.29, 0.717) is 22.8 Å². The van der Waals surface area contributed by atoms with Gasteiger partial charge in [0.1, 0.15) is 11.4 Å². The number of carbonyl (C=O) groups excluding carboxylic acids is 1. The lowest BCUT2D eigenvalue weighted by molar-refractivity contribution is -0.384. The van der Waals surface area contributed by atoms with E-state index in [9.17, 15) is 14.9 Å². The zero-order valence-electron chi connectivity index (χ0n) is 11.1. The van der Waals surface area contributed by atoms with Crippen molar-refractivity contribution in [1.29, 1.82) is 0 Å². The summed E-state index contributed by atoms with van der Waals surface area (Å²) in [7, 11) is 0. The van der Waals surface area contributed by atoms with Gasteiger partial charge in [0.25, 0.3) is 5.69 Å². The van der Waals surface area contributed by atoms with Gasteiger partial charge in [-0.2, -0.15) is 0 Å².